The Bertz CT molecular complexity index is 564. The first-order valence-corrected chi connectivity index (χ1v) is 7.68. The molecular formula is C17H18O2S. The van der Waals surface area contributed by atoms with Crippen molar-refractivity contribution >= 4 is 16.0 Å². The van der Waals surface area contributed by atoms with E-state index in [-0.39, 0.29) is 0 Å². The number of hydrogen-bond donors (Lipinski definition) is 0. The van der Waals surface area contributed by atoms with Gasteiger partial charge in [0.25, 0.3) is 0 Å². The summed E-state index contributed by atoms with van der Waals surface area (Å²) in [5.41, 5.74) is 2.12. The molecule has 20 heavy (non-hydrogen) atoms. The Kier molecular flexibility index (Phi) is 5.71. The Labute approximate surface area is 122 Å². The van der Waals surface area contributed by atoms with E-state index < -0.39 is 11.1 Å². The average molecular weight is 286 g/mol. The molecule has 0 aliphatic carbocycles. The summed E-state index contributed by atoms with van der Waals surface area (Å²) in [6, 6.07) is 19.7. The zero-order valence-electron chi connectivity index (χ0n) is 11.3. The molecule has 0 amide bonds. The molecule has 1 atom stereocenters. The molecule has 3 heteroatoms. The summed E-state index contributed by atoms with van der Waals surface area (Å²) in [5, 5.41) is 0. The van der Waals surface area contributed by atoms with E-state index in [1.54, 1.807) is 0 Å². The third-order valence-electron chi connectivity index (χ3n) is 2.94. The van der Waals surface area contributed by atoms with Crippen LogP contribution in [0.15, 0.2) is 67.2 Å². The summed E-state index contributed by atoms with van der Waals surface area (Å²) in [5.74, 6) is 0. The van der Waals surface area contributed by atoms with Gasteiger partial charge in [-0.05, 0) is 24.0 Å². The second-order valence-corrected chi connectivity index (χ2v) is 5.63. The second-order valence-electron chi connectivity index (χ2n) is 4.44. The van der Waals surface area contributed by atoms with Gasteiger partial charge in [-0.3, -0.25) is 4.18 Å². The van der Waals surface area contributed by atoms with Crippen LogP contribution < -0.4 is 0 Å². The predicted octanol–water partition coefficient (Wildman–Crippen LogP) is 3.97. The third kappa shape index (κ3) is 4.44. The molecule has 0 aromatic heterocycles. The van der Waals surface area contributed by atoms with Crippen LogP contribution >= 0.6 is 0 Å². The van der Waals surface area contributed by atoms with E-state index in [0.29, 0.717) is 11.5 Å². The lowest BCUT2D eigenvalue weighted by Gasteiger charge is -2.06. The zero-order valence-corrected chi connectivity index (χ0v) is 12.1. The van der Waals surface area contributed by atoms with E-state index >= 15 is 0 Å². The summed E-state index contributed by atoms with van der Waals surface area (Å²) < 4.78 is 17.3. The summed E-state index contributed by atoms with van der Waals surface area (Å²) in [4.78, 5) is 0.519. The van der Waals surface area contributed by atoms with Gasteiger partial charge in [0, 0.05) is 0 Å². The highest BCUT2D eigenvalue weighted by Crippen LogP contribution is 2.16. The minimum absolute atomic E-state index is 0.466. The maximum atomic E-state index is 11.9. The van der Waals surface area contributed by atoms with Crippen LogP contribution in [0.3, 0.4) is 0 Å². The topological polar surface area (TPSA) is 26.3 Å². The lowest BCUT2D eigenvalue weighted by atomic mass is 10.1. The van der Waals surface area contributed by atoms with Crippen molar-refractivity contribution in [3.8, 4) is 0 Å². The molecule has 1 unspecified atom stereocenters. The van der Waals surface area contributed by atoms with Gasteiger partial charge in [0.15, 0.2) is 11.1 Å². The monoisotopic (exact) mass is 286 g/mol. The number of rotatable bonds is 7. The van der Waals surface area contributed by atoms with Gasteiger partial charge >= 0.3 is 0 Å². The first kappa shape index (κ1) is 14.7. The van der Waals surface area contributed by atoms with E-state index in [9.17, 15) is 4.21 Å². The van der Waals surface area contributed by atoms with E-state index in [0.717, 1.165) is 18.4 Å². The molecule has 0 spiro atoms. The van der Waals surface area contributed by atoms with Gasteiger partial charge in [0.2, 0.25) is 0 Å². The van der Waals surface area contributed by atoms with Gasteiger partial charge in [-0.2, -0.15) is 0 Å². The van der Waals surface area contributed by atoms with Gasteiger partial charge in [0.1, 0.15) is 0 Å². The Morgan fingerprint density at radius 3 is 2.25 bits per heavy atom. The average Bonchev–Trinajstić information content (AvgIpc) is 2.52. The highest BCUT2D eigenvalue weighted by Gasteiger charge is 2.08. The molecule has 2 nitrogen and oxygen atoms in total. The van der Waals surface area contributed by atoms with E-state index in [1.165, 1.54) is 5.56 Å². The molecule has 0 saturated carbocycles. The zero-order chi connectivity index (χ0) is 14.2. The summed E-state index contributed by atoms with van der Waals surface area (Å²) in [7, 11) is 0. The summed E-state index contributed by atoms with van der Waals surface area (Å²) in [6.07, 6.45) is 1.77. The van der Waals surface area contributed by atoms with E-state index in [2.05, 4.69) is 18.7 Å². The maximum absolute atomic E-state index is 11.9. The molecule has 2 aromatic carbocycles. The van der Waals surface area contributed by atoms with Crippen LogP contribution in [-0.4, -0.2) is 10.8 Å². The van der Waals surface area contributed by atoms with Crippen molar-refractivity contribution in [3.05, 3.63) is 78.4 Å². The molecule has 0 fully saturated rings. The maximum Gasteiger partial charge on any atom is 0.189 e. The minimum Gasteiger partial charge on any atom is -0.287 e. The molecule has 0 aliphatic rings. The summed E-state index contributed by atoms with van der Waals surface area (Å²) >= 11 is -1.47. The lowest BCUT2D eigenvalue weighted by Crippen LogP contribution is -2.02. The Hall–Kier alpha value is -1.71. The van der Waals surface area contributed by atoms with Gasteiger partial charge in [-0.15, -0.1) is 0 Å². The molecule has 0 N–H and O–H groups in total. The molecule has 0 heterocycles. The Morgan fingerprint density at radius 1 is 1.00 bits per heavy atom. The largest absolute Gasteiger partial charge is 0.287 e. The van der Waals surface area contributed by atoms with E-state index in [4.69, 9.17) is 4.18 Å². The van der Waals surface area contributed by atoms with Crippen molar-refractivity contribution in [3.63, 3.8) is 0 Å². The lowest BCUT2D eigenvalue weighted by molar-refractivity contribution is 0.345. The molecule has 0 aliphatic heterocycles. The molecule has 0 bridgehead atoms. The first-order valence-electron chi connectivity index (χ1n) is 6.60. The smallest absolute Gasteiger partial charge is 0.189 e. The van der Waals surface area contributed by atoms with Crippen LogP contribution in [-0.2, 0) is 21.7 Å². The number of hydrogen-bond acceptors (Lipinski definition) is 2. The van der Waals surface area contributed by atoms with Crippen LogP contribution in [0.4, 0.5) is 0 Å². The second kappa shape index (κ2) is 7.78. The number of benzene rings is 2. The predicted molar refractivity (Wildman–Crippen MR) is 84.3 cm³/mol. The van der Waals surface area contributed by atoms with Gasteiger partial charge in [-0.25, -0.2) is 4.21 Å². The van der Waals surface area contributed by atoms with Gasteiger partial charge < -0.3 is 0 Å². The SMILES string of the molecule is C=C(c1ccccc1)S(=O)OCCCc1ccccc1. The standard InChI is InChI=1S/C17H18O2S/c1-15(17-12-6-3-7-13-17)20(18)19-14-8-11-16-9-4-2-5-10-16/h2-7,9-10,12-13H,1,8,11,14H2. The van der Waals surface area contributed by atoms with Crippen molar-refractivity contribution in [1.29, 1.82) is 0 Å². The van der Waals surface area contributed by atoms with Crippen molar-refractivity contribution < 1.29 is 8.39 Å². The Balaban J connectivity index is 1.74. The van der Waals surface area contributed by atoms with Crippen LogP contribution in [0.1, 0.15) is 17.5 Å². The van der Waals surface area contributed by atoms with Crippen molar-refractivity contribution in [2.75, 3.05) is 6.61 Å². The molecule has 0 radical (unpaired) electrons. The van der Waals surface area contributed by atoms with Gasteiger partial charge in [0.05, 0.1) is 11.5 Å². The van der Waals surface area contributed by atoms with Crippen LogP contribution in [0.25, 0.3) is 4.91 Å². The molecular weight excluding hydrogens is 268 g/mol. The molecule has 0 saturated heterocycles. The van der Waals surface area contributed by atoms with Crippen LogP contribution in [0.5, 0.6) is 0 Å². The fourth-order valence-electron chi connectivity index (χ4n) is 1.85. The highest BCUT2D eigenvalue weighted by atomic mass is 32.2. The molecule has 2 aromatic rings. The van der Waals surface area contributed by atoms with Crippen LogP contribution in [0, 0.1) is 0 Å². The molecule has 104 valence electrons. The van der Waals surface area contributed by atoms with Gasteiger partial charge in [-0.1, -0.05) is 67.2 Å². The highest BCUT2D eigenvalue weighted by molar-refractivity contribution is 7.90. The number of aryl methyl sites for hydroxylation is 1. The van der Waals surface area contributed by atoms with Crippen molar-refractivity contribution in [2.45, 2.75) is 12.8 Å². The minimum atomic E-state index is -1.47. The Morgan fingerprint density at radius 2 is 1.60 bits per heavy atom. The van der Waals surface area contributed by atoms with Crippen LogP contribution in [0.2, 0.25) is 0 Å². The first-order chi connectivity index (χ1) is 9.77. The van der Waals surface area contributed by atoms with Crippen molar-refractivity contribution in [1.82, 2.24) is 0 Å². The summed E-state index contributed by atoms with van der Waals surface area (Å²) in [6.45, 7) is 4.30. The van der Waals surface area contributed by atoms with Crippen molar-refractivity contribution in [2.24, 2.45) is 0 Å². The fraction of sp³-hybridized carbons (Fsp3) is 0.176. The van der Waals surface area contributed by atoms with E-state index in [1.807, 2.05) is 48.5 Å². The third-order valence-corrected chi connectivity index (χ3v) is 3.96. The molecule has 2 rings (SSSR count). The normalized spacial score (nSPS) is 12.0. The fourth-order valence-corrected chi connectivity index (χ4v) is 2.59. The quantitative estimate of drug-likeness (QED) is 0.720.